The number of aromatic nitrogens is 5. The number of rotatable bonds is 7. The number of amides is 1. The fraction of sp³-hybridized carbons (Fsp3) is 0.391. The van der Waals surface area contributed by atoms with Gasteiger partial charge >= 0.3 is 5.91 Å². The number of aliphatic imine (C=N–C) groups is 1. The lowest BCUT2D eigenvalue weighted by Gasteiger charge is -2.32. The Hall–Kier alpha value is -3.77. The molecule has 12 nitrogen and oxygen atoms in total. The second kappa shape index (κ2) is 11.3. The van der Waals surface area contributed by atoms with E-state index in [0.717, 1.165) is 51.1 Å². The number of piperidine rings is 1. The van der Waals surface area contributed by atoms with Crippen molar-refractivity contribution in [3.05, 3.63) is 58.1 Å². The van der Waals surface area contributed by atoms with Crippen LogP contribution in [-0.2, 0) is 19.5 Å². The van der Waals surface area contributed by atoms with E-state index in [1.165, 1.54) is 11.1 Å². The molecular formula is C23H30ClN11O. The Labute approximate surface area is 213 Å². The molecule has 1 aliphatic rings. The summed E-state index contributed by atoms with van der Waals surface area (Å²) in [7, 11) is 0. The number of anilines is 2. The van der Waals surface area contributed by atoms with Crippen molar-refractivity contribution in [3.8, 4) is 0 Å². The number of nitrogens with zero attached hydrogens (tertiary/aromatic N) is 7. The average Bonchev–Trinajstić information content (AvgIpc) is 3.27. The predicted octanol–water partition coefficient (Wildman–Crippen LogP) is 1.15. The first-order valence-electron chi connectivity index (χ1n) is 11.7. The minimum Gasteiger partial charge on any atom is -0.382 e. The van der Waals surface area contributed by atoms with Gasteiger partial charge in [-0.1, -0.05) is 41.1 Å². The number of halogens is 1. The first-order valence-corrected chi connectivity index (χ1v) is 12.0. The van der Waals surface area contributed by atoms with Gasteiger partial charge in [0, 0.05) is 38.4 Å². The quantitative estimate of drug-likeness (QED) is 0.265. The van der Waals surface area contributed by atoms with Gasteiger partial charge in [-0.3, -0.25) is 14.4 Å². The van der Waals surface area contributed by atoms with Gasteiger partial charge in [0.15, 0.2) is 28.4 Å². The van der Waals surface area contributed by atoms with Crippen LogP contribution in [0.3, 0.4) is 0 Å². The van der Waals surface area contributed by atoms with E-state index in [4.69, 9.17) is 28.8 Å². The summed E-state index contributed by atoms with van der Waals surface area (Å²) < 4.78 is 1.87. The zero-order valence-electron chi connectivity index (χ0n) is 20.1. The van der Waals surface area contributed by atoms with Crippen LogP contribution in [0.2, 0.25) is 5.15 Å². The monoisotopic (exact) mass is 511 g/mol. The van der Waals surface area contributed by atoms with E-state index in [-0.39, 0.29) is 34.5 Å². The molecule has 3 heterocycles. The molecule has 3 aromatic rings. The Morgan fingerprint density at radius 1 is 1.14 bits per heavy atom. The Morgan fingerprint density at radius 2 is 1.83 bits per heavy atom. The molecule has 4 rings (SSSR count). The summed E-state index contributed by atoms with van der Waals surface area (Å²) >= 11 is 5.83. The lowest BCUT2D eigenvalue weighted by Crippen LogP contribution is -2.47. The SMILES string of the molecule is Cc1cn(CCc2ccc(CN3CCC(N/C(N)=N/C(=O)c4nc(Cl)c(N)nc4N)CC3)cc2)nn1. The highest BCUT2D eigenvalue weighted by Gasteiger charge is 2.21. The molecule has 36 heavy (non-hydrogen) atoms. The van der Waals surface area contributed by atoms with E-state index >= 15 is 0 Å². The highest BCUT2D eigenvalue weighted by atomic mass is 35.5. The molecule has 0 atom stereocenters. The largest absolute Gasteiger partial charge is 0.382 e. The molecule has 190 valence electrons. The molecular weight excluding hydrogens is 482 g/mol. The summed E-state index contributed by atoms with van der Waals surface area (Å²) in [6.07, 6.45) is 4.60. The van der Waals surface area contributed by atoms with Crippen molar-refractivity contribution in [1.82, 2.24) is 35.2 Å². The van der Waals surface area contributed by atoms with E-state index in [1.54, 1.807) is 0 Å². The second-order valence-corrected chi connectivity index (χ2v) is 9.18. The topological polar surface area (TPSA) is 179 Å². The molecule has 1 aliphatic heterocycles. The summed E-state index contributed by atoms with van der Waals surface area (Å²) in [5.74, 6) is -0.930. The van der Waals surface area contributed by atoms with Gasteiger partial charge in [0.1, 0.15) is 0 Å². The van der Waals surface area contributed by atoms with Gasteiger partial charge in [-0.05, 0) is 37.3 Å². The van der Waals surface area contributed by atoms with Crippen LogP contribution >= 0.6 is 11.6 Å². The van der Waals surface area contributed by atoms with E-state index in [0.29, 0.717) is 0 Å². The summed E-state index contributed by atoms with van der Waals surface area (Å²) in [6.45, 7) is 5.43. The highest BCUT2D eigenvalue weighted by Crippen LogP contribution is 2.18. The first-order chi connectivity index (χ1) is 17.3. The molecule has 1 saturated heterocycles. The Kier molecular flexibility index (Phi) is 7.96. The number of benzene rings is 1. The predicted molar refractivity (Wildman–Crippen MR) is 138 cm³/mol. The van der Waals surface area contributed by atoms with Gasteiger partial charge < -0.3 is 22.5 Å². The van der Waals surface area contributed by atoms with Crippen molar-refractivity contribution in [2.75, 3.05) is 24.6 Å². The molecule has 0 bridgehead atoms. The maximum absolute atomic E-state index is 12.4. The Morgan fingerprint density at radius 3 is 2.50 bits per heavy atom. The maximum atomic E-state index is 12.4. The van der Waals surface area contributed by atoms with E-state index in [9.17, 15) is 4.79 Å². The van der Waals surface area contributed by atoms with Crippen molar-refractivity contribution in [2.45, 2.75) is 45.3 Å². The van der Waals surface area contributed by atoms with Crippen LogP contribution in [-0.4, -0.2) is 60.9 Å². The normalized spacial score (nSPS) is 15.2. The lowest BCUT2D eigenvalue weighted by molar-refractivity contribution is 0.0998. The van der Waals surface area contributed by atoms with Gasteiger partial charge in [0.05, 0.1) is 5.69 Å². The third-order valence-electron chi connectivity index (χ3n) is 5.98. The molecule has 1 amide bonds. The highest BCUT2D eigenvalue weighted by molar-refractivity contribution is 6.31. The van der Waals surface area contributed by atoms with Crippen LogP contribution < -0.4 is 22.5 Å². The molecule has 0 spiro atoms. The molecule has 0 unspecified atom stereocenters. The average molecular weight is 512 g/mol. The van der Waals surface area contributed by atoms with Crippen LogP contribution in [0.1, 0.15) is 40.2 Å². The van der Waals surface area contributed by atoms with Gasteiger partial charge in [0.25, 0.3) is 0 Å². The second-order valence-electron chi connectivity index (χ2n) is 8.82. The minimum absolute atomic E-state index is 0.00393. The number of aryl methyl sites for hydroxylation is 3. The third kappa shape index (κ3) is 6.67. The molecule has 0 aliphatic carbocycles. The number of nitrogens with one attached hydrogen (secondary N) is 1. The molecule has 0 radical (unpaired) electrons. The van der Waals surface area contributed by atoms with Crippen molar-refractivity contribution in [1.29, 1.82) is 0 Å². The molecule has 2 aromatic heterocycles. The van der Waals surface area contributed by atoms with Gasteiger partial charge in [-0.25, -0.2) is 9.97 Å². The molecule has 1 aromatic carbocycles. The van der Waals surface area contributed by atoms with Crippen LogP contribution in [0.5, 0.6) is 0 Å². The van der Waals surface area contributed by atoms with Gasteiger partial charge in [-0.2, -0.15) is 4.99 Å². The molecule has 13 heteroatoms. The molecule has 7 N–H and O–H groups in total. The van der Waals surface area contributed by atoms with Gasteiger partial charge in [-0.15, -0.1) is 5.10 Å². The number of carbonyl (C=O) groups is 1. The smallest absolute Gasteiger partial charge is 0.302 e. The number of likely N-dealkylation sites (tertiary alicyclic amines) is 1. The van der Waals surface area contributed by atoms with Crippen molar-refractivity contribution < 1.29 is 4.79 Å². The van der Waals surface area contributed by atoms with Crippen LogP contribution in [0, 0.1) is 6.92 Å². The van der Waals surface area contributed by atoms with Crippen molar-refractivity contribution >= 4 is 35.1 Å². The number of carbonyl (C=O) groups excluding carboxylic acids is 1. The van der Waals surface area contributed by atoms with Gasteiger partial charge in [0.2, 0.25) is 0 Å². The molecule has 0 saturated carbocycles. The van der Waals surface area contributed by atoms with E-state index in [1.807, 2.05) is 17.8 Å². The first kappa shape index (κ1) is 25.3. The Balaban J connectivity index is 1.22. The van der Waals surface area contributed by atoms with Crippen LogP contribution in [0.25, 0.3) is 0 Å². The van der Waals surface area contributed by atoms with E-state index in [2.05, 4.69) is 59.8 Å². The third-order valence-corrected chi connectivity index (χ3v) is 6.26. The summed E-state index contributed by atoms with van der Waals surface area (Å²) in [4.78, 5) is 26.3. The molecule has 1 fully saturated rings. The zero-order chi connectivity index (χ0) is 25.7. The zero-order valence-corrected chi connectivity index (χ0v) is 20.8. The standard InChI is InChI=1S/C23H30ClN11O/c1-14-12-35(33-32-14)11-6-15-2-4-16(5-3-15)13-34-9-7-17(8-10-34)28-23(27)31-22(36)18-20(25)30-21(26)19(24)29-18/h2-5,12,17H,6-11,13H2,1H3,(H4,25,26,30)(H3,27,28,31,36). The van der Waals surface area contributed by atoms with Crippen molar-refractivity contribution in [2.24, 2.45) is 10.7 Å². The van der Waals surface area contributed by atoms with Crippen LogP contribution in [0.15, 0.2) is 35.5 Å². The Bertz CT molecular complexity index is 1230. The number of nitrogens with two attached hydrogens (primary N) is 3. The fourth-order valence-electron chi connectivity index (χ4n) is 4.06. The van der Waals surface area contributed by atoms with Crippen molar-refractivity contribution in [3.63, 3.8) is 0 Å². The summed E-state index contributed by atoms with van der Waals surface area (Å²) in [5, 5.41) is 11.1. The number of hydrogen-bond acceptors (Lipinski definition) is 8. The maximum Gasteiger partial charge on any atom is 0.302 e. The van der Waals surface area contributed by atoms with Crippen LogP contribution in [0.4, 0.5) is 11.6 Å². The number of nitrogen functional groups attached to an aromatic ring is 2. The summed E-state index contributed by atoms with van der Waals surface area (Å²) in [5.41, 5.74) is 20.5. The minimum atomic E-state index is -0.732. The lowest BCUT2D eigenvalue weighted by atomic mass is 10.0. The summed E-state index contributed by atoms with van der Waals surface area (Å²) in [6, 6.07) is 8.82. The van der Waals surface area contributed by atoms with E-state index < -0.39 is 5.91 Å². The fourth-order valence-corrected chi connectivity index (χ4v) is 4.18. The number of hydrogen-bond donors (Lipinski definition) is 4. The number of guanidine groups is 1.